The molecule has 1 heterocycles. The summed E-state index contributed by atoms with van der Waals surface area (Å²) < 4.78 is 91.0. The molecule has 0 amide bonds. The Kier molecular flexibility index (Phi) is 6.62. The summed E-state index contributed by atoms with van der Waals surface area (Å²) in [6, 6.07) is 10.9. The van der Waals surface area contributed by atoms with Crippen molar-refractivity contribution in [1.82, 2.24) is 0 Å². The highest BCUT2D eigenvalue weighted by Crippen LogP contribution is 2.47. The number of hydrogen-bond acceptors (Lipinski definition) is 2. The Morgan fingerprint density at radius 1 is 0.824 bits per heavy atom. The third-order valence-corrected chi connectivity index (χ3v) is 6.64. The van der Waals surface area contributed by atoms with Gasteiger partial charge in [-0.2, -0.15) is 13.2 Å². The van der Waals surface area contributed by atoms with Crippen LogP contribution in [0.3, 0.4) is 0 Å². The molecule has 0 bridgehead atoms. The van der Waals surface area contributed by atoms with Crippen molar-refractivity contribution in [2.75, 3.05) is 6.61 Å². The molecule has 1 nitrogen and oxygen atoms in total. The van der Waals surface area contributed by atoms with Crippen molar-refractivity contribution in [2.45, 2.75) is 32.9 Å². The molecule has 0 atom stereocenters. The van der Waals surface area contributed by atoms with Crippen LogP contribution in [0.25, 0.3) is 31.7 Å². The number of ether oxygens (including phenoxy) is 1. The Balaban J connectivity index is 1.82. The average Bonchev–Trinajstić information content (AvgIpc) is 3.19. The standard InChI is InChI=1S/C26H20F6OS/c1-3-5-14-6-8-16(19(27)12-14)17-9-10-18(24(29)23(17)28)21-13-15-7-11-20(33-4-2)22(25(15)34-21)26(30,31)32/h6-13H,3-5H2,1-2H3. The molecule has 0 spiro atoms. The molecule has 0 fully saturated rings. The summed E-state index contributed by atoms with van der Waals surface area (Å²) in [5, 5.41) is 0.234. The molecule has 0 aliphatic carbocycles. The molecular formula is C26H20F6OS. The van der Waals surface area contributed by atoms with Crippen LogP contribution in [0.4, 0.5) is 26.3 Å². The predicted octanol–water partition coefficient (Wildman–Crippen LogP) is 9.02. The highest BCUT2D eigenvalue weighted by Gasteiger charge is 2.37. The summed E-state index contributed by atoms with van der Waals surface area (Å²) in [5.41, 5.74) is -0.734. The molecule has 0 radical (unpaired) electrons. The highest BCUT2D eigenvalue weighted by atomic mass is 32.1. The number of alkyl halides is 3. The first-order valence-corrected chi connectivity index (χ1v) is 11.5. The molecule has 0 unspecified atom stereocenters. The van der Waals surface area contributed by atoms with Gasteiger partial charge in [0.2, 0.25) is 0 Å². The van der Waals surface area contributed by atoms with E-state index in [1.54, 1.807) is 13.0 Å². The van der Waals surface area contributed by atoms with E-state index in [9.17, 15) is 17.6 Å². The molecule has 0 aliphatic heterocycles. The lowest BCUT2D eigenvalue weighted by molar-refractivity contribution is -0.137. The molecule has 3 aromatic carbocycles. The lowest BCUT2D eigenvalue weighted by Crippen LogP contribution is -2.08. The van der Waals surface area contributed by atoms with Crippen LogP contribution in [-0.4, -0.2) is 6.61 Å². The van der Waals surface area contributed by atoms with Gasteiger partial charge in [-0.05, 0) is 54.6 Å². The Bertz CT molecular complexity index is 1360. The first-order valence-electron chi connectivity index (χ1n) is 10.7. The molecule has 8 heteroatoms. The van der Waals surface area contributed by atoms with Crippen molar-refractivity contribution in [3.63, 3.8) is 0 Å². The molecule has 0 aliphatic rings. The fourth-order valence-electron chi connectivity index (χ4n) is 3.93. The number of thiophene rings is 1. The van der Waals surface area contributed by atoms with Crippen LogP contribution >= 0.6 is 11.3 Å². The predicted molar refractivity (Wildman–Crippen MR) is 123 cm³/mol. The van der Waals surface area contributed by atoms with Crippen LogP contribution in [0.5, 0.6) is 5.75 Å². The van der Waals surface area contributed by atoms with Gasteiger partial charge in [0.05, 0.1) is 11.3 Å². The van der Waals surface area contributed by atoms with E-state index in [0.717, 1.165) is 12.0 Å². The average molecular weight is 495 g/mol. The summed E-state index contributed by atoms with van der Waals surface area (Å²) in [6.07, 6.45) is -3.22. The number of benzene rings is 3. The molecule has 34 heavy (non-hydrogen) atoms. The molecule has 4 rings (SSSR count). The van der Waals surface area contributed by atoms with Crippen molar-refractivity contribution < 1.29 is 31.1 Å². The monoisotopic (exact) mass is 494 g/mol. The Morgan fingerprint density at radius 3 is 2.15 bits per heavy atom. The second-order valence-electron chi connectivity index (χ2n) is 7.75. The molecule has 0 N–H and O–H groups in total. The maximum absolute atomic E-state index is 15.1. The van der Waals surface area contributed by atoms with Crippen molar-refractivity contribution in [2.24, 2.45) is 0 Å². The number of hydrogen-bond donors (Lipinski definition) is 0. The summed E-state index contributed by atoms with van der Waals surface area (Å²) in [4.78, 5) is 0.121. The Labute approximate surface area is 196 Å². The van der Waals surface area contributed by atoms with Gasteiger partial charge >= 0.3 is 6.18 Å². The first kappa shape index (κ1) is 24.1. The van der Waals surface area contributed by atoms with E-state index in [1.165, 1.54) is 42.5 Å². The summed E-state index contributed by atoms with van der Waals surface area (Å²) in [6.45, 7) is 3.57. The second kappa shape index (κ2) is 9.33. The number of halogens is 6. The summed E-state index contributed by atoms with van der Waals surface area (Å²) in [5.74, 6) is -3.50. The van der Waals surface area contributed by atoms with Gasteiger partial charge in [-0.3, -0.25) is 0 Å². The number of aryl methyl sites for hydroxylation is 1. The van der Waals surface area contributed by atoms with Crippen LogP contribution in [0.1, 0.15) is 31.4 Å². The fraction of sp³-hybridized carbons (Fsp3) is 0.231. The third kappa shape index (κ3) is 4.39. The minimum absolute atomic E-state index is 0.0457. The zero-order valence-electron chi connectivity index (χ0n) is 18.3. The van der Waals surface area contributed by atoms with Crippen LogP contribution in [0, 0.1) is 17.5 Å². The maximum atomic E-state index is 15.1. The van der Waals surface area contributed by atoms with Crippen molar-refractivity contribution in [3.05, 3.63) is 77.1 Å². The zero-order valence-corrected chi connectivity index (χ0v) is 19.1. The summed E-state index contributed by atoms with van der Waals surface area (Å²) in [7, 11) is 0. The van der Waals surface area contributed by atoms with E-state index < -0.39 is 29.2 Å². The van der Waals surface area contributed by atoms with Crippen LogP contribution in [0.2, 0.25) is 0 Å². The molecule has 1 aromatic heterocycles. The van der Waals surface area contributed by atoms with E-state index in [2.05, 4.69) is 0 Å². The van der Waals surface area contributed by atoms with Crippen molar-refractivity contribution >= 4 is 21.4 Å². The Hall–Kier alpha value is -3.00. The van der Waals surface area contributed by atoms with Crippen molar-refractivity contribution in [3.8, 4) is 27.3 Å². The third-order valence-electron chi connectivity index (χ3n) is 5.44. The van der Waals surface area contributed by atoms with Crippen LogP contribution in [-0.2, 0) is 12.6 Å². The fourth-order valence-corrected chi connectivity index (χ4v) is 5.17. The lowest BCUT2D eigenvalue weighted by Gasteiger charge is -2.13. The lowest BCUT2D eigenvalue weighted by atomic mass is 9.99. The van der Waals surface area contributed by atoms with Gasteiger partial charge in [-0.25, -0.2) is 13.2 Å². The van der Waals surface area contributed by atoms with E-state index >= 15 is 8.78 Å². The van der Waals surface area contributed by atoms with Crippen molar-refractivity contribution in [1.29, 1.82) is 0 Å². The first-order chi connectivity index (χ1) is 16.2. The molecule has 4 aromatic rings. The van der Waals surface area contributed by atoms with E-state index in [-0.39, 0.29) is 44.0 Å². The Morgan fingerprint density at radius 2 is 1.50 bits per heavy atom. The van der Waals surface area contributed by atoms with Gasteiger partial charge < -0.3 is 4.74 Å². The van der Waals surface area contributed by atoms with Gasteiger partial charge in [0.15, 0.2) is 11.6 Å². The topological polar surface area (TPSA) is 9.23 Å². The molecule has 0 saturated carbocycles. The van der Waals surface area contributed by atoms with Gasteiger partial charge in [0, 0.05) is 21.6 Å². The van der Waals surface area contributed by atoms with Gasteiger partial charge in [0.25, 0.3) is 0 Å². The zero-order chi connectivity index (χ0) is 24.6. The minimum atomic E-state index is -4.69. The van der Waals surface area contributed by atoms with E-state index in [1.807, 2.05) is 6.92 Å². The second-order valence-corrected chi connectivity index (χ2v) is 8.80. The normalized spacial score (nSPS) is 11.9. The quantitative estimate of drug-likeness (QED) is 0.243. The largest absolute Gasteiger partial charge is 0.493 e. The van der Waals surface area contributed by atoms with E-state index in [4.69, 9.17) is 4.74 Å². The molecular weight excluding hydrogens is 474 g/mol. The summed E-state index contributed by atoms with van der Waals surface area (Å²) >= 11 is 0.698. The smallest absolute Gasteiger partial charge is 0.421 e. The van der Waals surface area contributed by atoms with Crippen LogP contribution < -0.4 is 4.74 Å². The van der Waals surface area contributed by atoms with Gasteiger partial charge in [-0.1, -0.05) is 31.5 Å². The minimum Gasteiger partial charge on any atom is -0.493 e. The number of fused-ring (bicyclic) bond motifs is 1. The van der Waals surface area contributed by atoms with Crippen LogP contribution in [0.15, 0.2) is 48.5 Å². The molecule has 0 saturated heterocycles. The molecule has 178 valence electrons. The highest BCUT2D eigenvalue weighted by molar-refractivity contribution is 7.22. The van der Waals surface area contributed by atoms with Gasteiger partial charge in [-0.15, -0.1) is 11.3 Å². The maximum Gasteiger partial charge on any atom is 0.421 e. The number of rotatable bonds is 6. The van der Waals surface area contributed by atoms with Gasteiger partial charge in [0.1, 0.15) is 17.1 Å². The SMILES string of the molecule is CCCc1ccc(-c2ccc(-c3cc4ccc(OCC)c(C(F)(F)F)c4s3)c(F)c2F)c(F)c1. The van der Waals surface area contributed by atoms with E-state index in [0.29, 0.717) is 17.8 Å².